The molecule has 0 aliphatic heterocycles. The van der Waals surface area contributed by atoms with Crippen molar-refractivity contribution in [1.29, 1.82) is 0 Å². The van der Waals surface area contributed by atoms with Crippen molar-refractivity contribution < 1.29 is 0 Å². The SMILES string of the molecule is C=Cc1c(C)c(Nc2ccccc2)c(N)c2ccccc12. The number of nitrogens with one attached hydrogen (secondary N) is 1. The number of nitrogen functional groups attached to an aromatic ring is 1. The van der Waals surface area contributed by atoms with Crippen LogP contribution < -0.4 is 11.1 Å². The summed E-state index contributed by atoms with van der Waals surface area (Å²) < 4.78 is 0. The molecule has 0 amide bonds. The highest BCUT2D eigenvalue weighted by Gasteiger charge is 2.13. The van der Waals surface area contributed by atoms with Crippen LogP contribution in [0.25, 0.3) is 16.8 Å². The van der Waals surface area contributed by atoms with Crippen molar-refractivity contribution >= 4 is 33.9 Å². The molecule has 3 aromatic rings. The first kappa shape index (κ1) is 13.3. The van der Waals surface area contributed by atoms with E-state index in [-0.39, 0.29) is 0 Å². The molecule has 21 heavy (non-hydrogen) atoms. The number of fused-ring (bicyclic) bond motifs is 1. The van der Waals surface area contributed by atoms with E-state index in [1.165, 1.54) is 0 Å². The summed E-state index contributed by atoms with van der Waals surface area (Å²) in [5, 5.41) is 5.63. The Labute approximate surface area is 124 Å². The van der Waals surface area contributed by atoms with Crippen LogP contribution >= 0.6 is 0 Å². The lowest BCUT2D eigenvalue weighted by Crippen LogP contribution is -2.02. The topological polar surface area (TPSA) is 38.0 Å². The highest BCUT2D eigenvalue weighted by Crippen LogP contribution is 2.38. The van der Waals surface area contributed by atoms with Crippen LogP contribution in [0, 0.1) is 6.92 Å². The van der Waals surface area contributed by atoms with Gasteiger partial charge in [0.25, 0.3) is 0 Å². The molecule has 2 heteroatoms. The minimum atomic E-state index is 0.776. The predicted octanol–water partition coefficient (Wildman–Crippen LogP) is 5.12. The fraction of sp³-hybridized carbons (Fsp3) is 0.0526. The van der Waals surface area contributed by atoms with Gasteiger partial charge in [0.05, 0.1) is 11.4 Å². The molecule has 0 saturated heterocycles. The van der Waals surface area contributed by atoms with Gasteiger partial charge in [0.1, 0.15) is 0 Å². The first-order valence-corrected chi connectivity index (χ1v) is 6.97. The van der Waals surface area contributed by atoms with E-state index in [9.17, 15) is 0 Å². The molecule has 0 radical (unpaired) electrons. The molecule has 0 bridgehead atoms. The van der Waals surface area contributed by atoms with Crippen molar-refractivity contribution in [2.24, 2.45) is 0 Å². The molecular weight excluding hydrogens is 256 g/mol. The Hall–Kier alpha value is -2.74. The van der Waals surface area contributed by atoms with E-state index in [1.807, 2.05) is 54.6 Å². The van der Waals surface area contributed by atoms with Crippen LogP contribution in [0.15, 0.2) is 61.2 Å². The summed E-state index contributed by atoms with van der Waals surface area (Å²) in [6, 6.07) is 18.2. The average molecular weight is 274 g/mol. The molecule has 0 atom stereocenters. The van der Waals surface area contributed by atoms with Gasteiger partial charge in [-0.1, -0.05) is 55.1 Å². The standard InChI is InChI=1S/C19H18N2/c1-3-15-13(2)19(21-14-9-5-4-6-10-14)18(20)17-12-8-7-11-16(15)17/h3-12,21H,1,20H2,2H3. The van der Waals surface area contributed by atoms with E-state index in [0.717, 1.165) is 39.0 Å². The van der Waals surface area contributed by atoms with Gasteiger partial charge < -0.3 is 11.1 Å². The Morgan fingerprint density at radius 1 is 0.952 bits per heavy atom. The van der Waals surface area contributed by atoms with Gasteiger partial charge in [0, 0.05) is 11.1 Å². The molecule has 3 aromatic carbocycles. The summed E-state index contributed by atoms with van der Waals surface area (Å²) in [4.78, 5) is 0. The van der Waals surface area contributed by atoms with Crippen LogP contribution in [0.5, 0.6) is 0 Å². The maximum absolute atomic E-state index is 6.39. The predicted molar refractivity (Wildman–Crippen MR) is 92.9 cm³/mol. The minimum Gasteiger partial charge on any atom is -0.397 e. The third kappa shape index (κ3) is 2.25. The van der Waals surface area contributed by atoms with E-state index in [0.29, 0.717) is 0 Å². The number of hydrogen-bond acceptors (Lipinski definition) is 2. The molecule has 0 heterocycles. The van der Waals surface area contributed by atoms with Crippen molar-refractivity contribution in [2.45, 2.75) is 6.92 Å². The van der Waals surface area contributed by atoms with E-state index in [4.69, 9.17) is 5.73 Å². The first-order valence-electron chi connectivity index (χ1n) is 6.97. The van der Waals surface area contributed by atoms with Crippen molar-refractivity contribution in [3.8, 4) is 0 Å². The van der Waals surface area contributed by atoms with Crippen molar-refractivity contribution in [3.05, 3.63) is 72.3 Å². The molecule has 3 N–H and O–H groups in total. The summed E-state index contributed by atoms with van der Waals surface area (Å²) in [6.45, 7) is 6.03. The third-order valence-electron chi connectivity index (χ3n) is 3.80. The van der Waals surface area contributed by atoms with Crippen molar-refractivity contribution in [1.82, 2.24) is 0 Å². The normalized spacial score (nSPS) is 10.5. The molecule has 0 aliphatic rings. The molecule has 0 aromatic heterocycles. The Kier molecular flexibility index (Phi) is 3.36. The maximum atomic E-state index is 6.39. The smallest absolute Gasteiger partial charge is 0.0660 e. The fourth-order valence-corrected chi connectivity index (χ4v) is 2.72. The summed E-state index contributed by atoms with van der Waals surface area (Å²) in [7, 11) is 0. The lowest BCUT2D eigenvalue weighted by molar-refractivity contribution is 1.44. The first-order chi connectivity index (χ1) is 10.2. The number of benzene rings is 3. The van der Waals surface area contributed by atoms with Gasteiger partial charge >= 0.3 is 0 Å². The lowest BCUT2D eigenvalue weighted by Gasteiger charge is -2.18. The molecule has 2 nitrogen and oxygen atoms in total. The van der Waals surface area contributed by atoms with Gasteiger partial charge in [0.2, 0.25) is 0 Å². The van der Waals surface area contributed by atoms with E-state index in [2.05, 4.69) is 24.9 Å². The second-order valence-corrected chi connectivity index (χ2v) is 5.07. The van der Waals surface area contributed by atoms with E-state index in [1.54, 1.807) is 0 Å². The fourth-order valence-electron chi connectivity index (χ4n) is 2.72. The Morgan fingerprint density at radius 3 is 2.24 bits per heavy atom. The molecule has 0 spiro atoms. The van der Waals surface area contributed by atoms with Crippen LogP contribution in [0.1, 0.15) is 11.1 Å². The van der Waals surface area contributed by atoms with E-state index < -0.39 is 0 Å². The quantitative estimate of drug-likeness (QED) is 0.651. The Balaban J connectivity index is 2.25. The van der Waals surface area contributed by atoms with Gasteiger partial charge in [-0.25, -0.2) is 0 Å². The molecule has 3 rings (SSSR count). The van der Waals surface area contributed by atoms with Gasteiger partial charge in [-0.15, -0.1) is 0 Å². The largest absolute Gasteiger partial charge is 0.397 e. The summed E-state index contributed by atoms with van der Waals surface area (Å²) in [5.41, 5.74) is 11.4. The van der Waals surface area contributed by atoms with Crippen molar-refractivity contribution in [2.75, 3.05) is 11.1 Å². The zero-order valence-electron chi connectivity index (χ0n) is 12.1. The van der Waals surface area contributed by atoms with Crippen LogP contribution in [0.3, 0.4) is 0 Å². The third-order valence-corrected chi connectivity index (χ3v) is 3.80. The summed E-state index contributed by atoms with van der Waals surface area (Å²) >= 11 is 0. The summed E-state index contributed by atoms with van der Waals surface area (Å²) in [5.74, 6) is 0. The summed E-state index contributed by atoms with van der Waals surface area (Å²) in [6.07, 6.45) is 1.90. The zero-order chi connectivity index (χ0) is 14.8. The highest BCUT2D eigenvalue weighted by atomic mass is 14.9. The van der Waals surface area contributed by atoms with Crippen LogP contribution in [0.4, 0.5) is 17.1 Å². The minimum absolute atomic E-state index is 0.776. The number of nitrogens with two attached hydrogens (primary N) is 1. The van der Waals surface area contributed by atoms with Crippen LogP contribution in [0.2, 0.25) is 0 Å². The monoisotopic (exact) mass is 274 g/mol. The second kappa shape index (κ2) is 5.33. The number of rotatable bonds is 3. The highest BCUT2D eigenvalue weighted by molar-refractivity contribution is 6.06. The van der Waals surface area contributed by atoms with Gasteiger partial charge in [0.15, 0.2) is 0 Å². The zero-order valence-corrected chi connectivity index (χ0v) is 12.1. The molecule has 104 valence electrons. The van der Waals surface area contributed by atoms with Gasteiger partial charge in [-0.2, -0.15) is 0 Å². The van der Waals surface area contributed by atoms with Gasteiger partial charge in [-0.05, 0) is 35.6 Å². The number of hydrogen-bond donors (Lipinski definition) is 2. The molecular formula is C19H18N2. The van der Waals surface area contributed by atoms with Gasteiger partial charge in [-0.3, -0.25) is 0 Å². The second-order valence-electron chi connectivity index (χ2n) is 5.07. The number of para-hydroxylation sites is 1. The molecule has 0 unspecified atom stereocenters. The molecule has 0 aliphatic carbocycles. The molecule has 0 saturated carbocycles. The Bertz CT molecular complexity index is 805. The maximum Gasteiger partial charge on any atom is 0.0660 e. The van der Waals surface area contributed by atoms with Crippen molar-refractivity contribution in [3.63, 3.8) is 0 Å². The Morgan fingerprint density at radius 2 is 1.57 bits per heavy atom. The van der Waals surface area contributed by atoms with Crippen LogP contribution in [-0.4, -0.2) is 0 Å². The van der Waals surface area contributed by atoms with Crippen LogP contribution in [-0.2, 0) is 0 Å². The molecule has 0 fully saturated rings. The number of anilines is 3. The average Bonchev–Trinajstić information content (AvgIpc) is 2.53. The van der Waals surface area contributed by atoms with E-state index >= 15 is 0 Å². The lowest BCUT2D eigenvalue weighted by atomic mass is 9.96.